The van der Waals surface area contributed by atoms with Gasteiger partial charge in [0, 0.05) is 31.7 Å². The first-order chi connectivity index (χ1) is 8.54. The maximum Gasteiger partial charge on any atom is 0.128 e. The van der Waals surface area contributed by atoms with Crippen molar-refractivity contribution in [2.24, 2.45) is 7.05 Å². The molecule has 4 heteroatoms. The summed E-state index contributed by atoms with van der Waals surface area (Å²) in [6.45, 7) is 14.0. The molecule has 104 valence electrons. The van der Waals surface area contributed by atoms with Crippen LogP contribution in [-0.2, 0) is 13.6 Å². The zero-order valence-electron chi connectivity index (χ0n) is 12.7. The number of hydrogen-bond donors (Lipinski definition) is 1. The van der Waals surface area contributed by atoms with Gasteiger partial charge in [-0.25, -0.2) is 0 Å². The van der Waals surface area contributed by atoms with Crippen molar-refractivity contribution in [3.05, 3.63) is 11.3 Å². The van der Waals surface area contributed by atoms with Crippen LogP contribution in [0.15, 0.2) is 0 Å². The van der Waals surface area contributed by atoms with Crippen LogP contribution in [0.4, 0.5) is 5.82 Å². The molecule has 1 atom stereocenters. The van der Waals surface area contributed by atoms with Gasteiger partial charge in [0.1, 0.15) is 5.82 Å². The van der Waals surface area contributed by atoms with Crippen LogP contribution in [0.25, 0.3) is 0 Å². The minimum absolute atomic E-state index is 0.615. The molecule has 0 aliphatic carbocycles. The Balaban J connectivity index is 2.94. The third-order valence-electron chi connectivity index (χ3n) is 3.67. The fraction of sp³-hybridized carbons (Fsp3) is 0.786. The maximum atomic E-state index is 4.53. The molecule has 1 aromatic heterocycles. The normalized spacial score (nSPS) is 13.1. The van der Waals surface area contributed by atoms with Crippen molar-refractivity contribution >= 4 is 5.82 Å². The molecule has 0 aromatic carbocycles. The molecule has 0 saturated heterocycles. The molecule has 1 unspecified atom stereocenters. The highest BCUT2D eigenvalue weighted by Crippen LogP contribution is 2.22. The Morgan fingerprint density at radius 3 is 2.50 bits per heavy atom. The first-order valence-electron chi connectivity index (χ1n) is 7.05. The summed E-state index contributed by atoms with van der Waals surface area (Å²) in [4.78, 5) is 2.50. The van der Waals surface area contributed by atoms with E-state index >= 15 is 0 Å². The highest BCUT2D eigenvalue weighted by Gasteiger charge is 2.17. The predicted molar refractivity (Wildman–Crippen MR) is 77.9 cm³/mol. The van der Waals surface area contributed by atoms with E-state index in [0.29, 0.717) is 6.04 Å². The van der Waals surface area contributed by atoms with Gasteiger partial charge in [-0.1, -0.05) is 13.8 Å². The predicted octanol–water partition coefficient (Wildman–Crippen LogP) is 2.78. The van der Waals surface area contributed by atoms with Crippen molar-refractivity contribution in [2.45, 2.75) is 53.6 Å². The van der Waals surface area contributed by atoms with E-state index in [2.05, 4.69) is 49.9 Å². The van der Waals surface area contributed by atoms with E-state index in [9.17, 15) is 0 Å². The van der Waals surface area contributed by atoms with E-state index in [1.54, 1.807) is 0 Å². The number of aryl methyl sites for hydroxylation is 2. The summed E-state index contributed by atoms with van der Waals surface area (Å²) in [5, 5.41) is 7.96. The second-order valence-corrected chi connectivity index (χ2v) is 4.89. The number of aromatic nitrogens is 2. The number of rotatable bonds is 7. The molecule has 0 radical (unpaired) electrons. The Hall–Kier alpha value is -1.03. The van der Waals surface area contributed by atoms with E-state index in [0.717, 1.165) is 31.1 Å². The molecule has 18 heavy (non-hydrogen) atoms. The van der Waals surface area contributed by atoms with Crippen LogP contribution in [0, 0.1) is 6.92 Å². The maximum absolute atomic E-state index is 4.53. The summed E-state index contributed by atoms with van der Waals surface area (Å²) in [5.41, 5.74) is 2.47. The number of anilines is 1. The monoisotopic (exact) mass is 252 g/mol. The van der Waals surface area contributed by atoms with Crippen molar-refractivity contribution < 1.29 is 0 Å². The molecule has 1 rings (SSSR count). The molecule has 0 amide bonds. The molecule has 1 N–H and O–H groups in total. The lowest BCUT2D eigenvalue weighted by molar-refractivity contribution is 0.206. The second-order valence-electron chi connectivity index (χ2n) is 4.89. The molecule has 1 aromatic rings. The van der Waals surface area contributed by atoms with E-state index in [-0.39, 0.29) is 0 Å². The number of nitrogens with zero attached hydrogens (tertiary/aromatic N) is 3. The van der Waals surface area contributed by atoms with Crippen molar-refractivity contribution in [3.63, 3.8) is 0 Å². The lowest BCUT2D eigenvalue weighted by Crippen LogP contribution is -2.32. The topological polar surface area (TPSA) is 33.1 Å². The number of nitrogens with one attached hydrogen (secondary N) is 1. The van der Waals surface area contributed by atoms with Gasteiger partial charge in [0.05, 0.1) is 5.69 Å². The van der Waals surface area contributed by atoms with Crippen molar-refractivity contribution in [3.8, 4) is 0 Å². The minimum Gasteiger partial charge on any atom is -0.370 e. The van der Waals surface area contributed by atoms with Crippen LogP contribution in [0.3, 0.4) is 0 Å². The molecule has 0 aliphatic rings. The van der Waals surface area contributed by atoms with Gasteiger partial charge in [-0.05, 0) is 33.7 Å². The lowest BCUT2D eigenvalue weighted by Gasteiger charge is -2.27. The molecule has 0 saturated carbocycles. The van der Waals surface area contributed by atoms with Crippen LogP contribution < -0.4 is 5.32 Å². The fourth-order valence-corrected chi connectivity index (χ4v) is 2.32. The molecule has 0 spiro atoms. The summed E-state index contributed by atoms with van der Waals surface area (Å²) in [6.07, 6.45) is 1.18. The Kier molecular flexibility index (Phi) is 5.66. The Morgan fingerprint density at radius 2 is 2.00 bits per heavy atom. The Labute approximate surface area is 111 Å². The highest BCUT2D eigenvalue weighted by atomic mass is 15.3. The number of hydrogen-bond acceptors (Lipinski definition) is 3. The Morgan fingerprint density at radius 1 is 1.33 bits per heavy atom. The first kappa shape index (κ1) is 15.0. The average Bonchev–Trinajstić information content (AvgIpc) is 2.61. The lowest BCUT2D eigenvalue weighted by atomic mass is 10.1. The van der Waals surface area contributed by atoms with Gasteiger partial charge in [0.25, 0.3) is 0 Å². The fourth-order valence-electron chi connectivity index (χ4n) is 2.32. The SMILES string of the molecule is CCNc1c(CN(CC)C(C)CC)c(C)nn1C. The van der Waals surface area contributed by atoms with Gasteiger partial charge in [0.2, 0.25) is 0 Å². The molecule has 1 heterocycles. The average molecular weight is 252 g/mol. The Bertz CT molecular complexity index is 370. The van der Waals surface area contributed by atoms with E-state index < -0.39 is 0 Å². The molecule has 4 nitrogen and oxygen atoms in total. The van der Waals surface area contributed by atoms with E-state index in [4.69, 9.17) is 0 Å². The standard InChI is InChI=1S/C14H28N4/c1-7-11(4)18(9-3)10-13-12(5)16-17(6)14(13)15-8-2/h11,15H,7-10H2,1-6H3. The van der Waals surface area contributed by atoms with Gasteiger partial charge in [-0.3, -0.25) is 9.58 Å². The van der Waals surface area contributed by atoms with Crippen LogP contribution >= 0.6 is 0 Å². The van der Waals surface area contributed by atoms with Crippen molar-refractivity contribution in [1.29, 1.82) is 0 Å². The highest BCUT2D eigenvalue weighted by molar-refractivity contribution is 5.47. The third kappa shape index (κ3) is 3.25. The van der Waals surface area contributed by atoms with Crippen LogP contribution in [0.2, 0.25) is 0 Å². The van der Waals surface area contributed by atoms with Gasteiger partial charge in [-0.15, -0.1) is 0 Å². The van der Waals surface area contributed by atoms with Crippen molar-refractivity contribution in [1.82, 2.24) is 14.7 Å². The van der Waals surface area contributed by atoms with E-state index in [1.165, 1.54) is 12.0 Å². The minimum atomic E-state index is 0.615. The molecular weight excluding hydrogens is 224 g/mol. The molecular formula is C14H28N4. The van der Waals surface area contributed by atoms with Crippen LogP contribution in [0.5, 0.6) is 0 Å². The molecule has 0 bridgehead atoms. The summed E-state index contributed by atoms with van der Waals surface area (Å²) >= 11 is 0. The van der Waals surface area contributed by atoms with Gasteiger partial charge < -0.3 is 5.32 Å². The van der Waals surface area contributed by atoms with Gasteiger partial charge in [-0.2, -0.15) is 5.10 Å². The first-order valence-corrected chi connectivity index (χ1v) is 7.05. The summed E-state index contributed by atoms with van der Waals surface area (Å²) in [7, 11) is 2.01. The summed E-state index contributed by atoms with van der Waals surface area (Å²) in [6, 6.07) is 0.615. The van der Waals surface area contributed by atoms with E-state index in [1.807, 2.05) is 11.7 Å². The zero-order valence-corrected chi connectivity index (χ0v) is 12.7. The molecule has 0 aliphatic heterocycles. The zero-order chi connectivity index (χ0) is 13.7. The van der Waals surface area contributed by atoms with Crippen LogP contribution in [-0.4, -0.2) is 33.8 Å². The second kappa shape index (κ2) is 6.78. The molecule has 0 fully saturated rings. The van der Waals surface area contributed by atoms with Crippen molar-refractivity contribution in [2.75, 3.05) is 18.4 Å². The smallest absolute Gasteiger partial charge is 0.128 e. The van der Waals surface area contributed by atoms with Crippen LogP contribution in [0.1, 0.15) is 45.4 Å². The third-order valence-corrected chi connectivity index (χ3v) is 3.67. The van der Waals surface area contributed by atoms with Gasteiger partial charge in [0.15, 0.2) is 0 Å². The largest absolute Gasteiger partial charge is 0.370 e. The quantitative estimate of drug-likeness (QED) is 0.810. The van der Waals surface area contributed by atoms with Gasteiger partial charge >= 0.3 is 0 Å². The summed E-state index contributed by atoms with van der Waals surface area (Å²) in [5.74, 6) is 1.16. The summed E-state index contributed by atoms with van der Waals surface area (Å²) < 4.78 is 1.96.